The molecular formula is C28H37ClN6O6S2. The van der Waals surface area contributed by atoms with Gasteiger partial charge in [0.25, 0.3) is 15.9 Å². The number of fused-ring (bicyclic) bond motifs is 2. The minimum Gasteiger partial charge on any atom is -0.383 e. The van der Waals surface area contributed by atoms with Gasteiger partial charge in [-0.05, 0) is 31.3 Å². The van der Waals surface area contributed by atoms with E-state index in [-0.39, 0.29) is 42.9 Å². The maximum atomic E-state index is 13.9. The van der Waals surface area contributed by atoms with Crippen LogP contribution in [0.5, 0.6) is 0 Å². The Kier molecular flexibility index (Phi) is 10.1. The Morgan fingerprint density at radius 1 is 1.14 bits per heavy atom. The molecule has 234 valence electrons. The fraction of sp³-hybridized carbons (Fsp3) is 0.536. The van der Waals surface area contributed by atoms with Crippen LogP contribution < -0.4 is 0 Å². The molecule has 0 radical (unpaired) electrons. The number of nitrogens with zero attached hydrogens (tertiary/aromatic N) is 5. The van der Waals surface area contributed by atoms with Crippen molar-refractivity contribution in [2.24, 2.45) is 0 Å². The number of halogens is 1. The maximum absolute atomic E-state index is 13.9. The first kappa shape index (κ1) is 31.8. The molecule has 2 aliphatic heterocycles. The first-order valence-electron chi connectivity index (χ1n) is 14.1. The van der Waals surface area contributed by atoms with Crippen LogP contribution in [0, 0.1) is 0 Å². The Bertz CT molecular complexity index is 1570. The molecule has 1 saturated heterocycles. The minimum atomic E-state index is -3.96. The highest BCUT2D eigenvalue weighted by Gasteiger charge is 2.40. The second kappa shape index (κ2) is 13.6. The van der Waals surface area contributed by atoms with Crippen LogP contribution in [0.4, 0.5) is 0 Å². The number of sulfonamides is 1. The van der Waals surface area contributed by atoms with Gasteiger partial charge in [-0.25, -0.2) is 13.4 Å². The molecule has 1 fully saturated rings. The number of amides is 2. The van der Waals surface area contributed by atoms with Crippen LogP contribution >= 0.6 is 22.9 Å². The summed E-state index contributed by atoms with van der Waals surface area (Å²) in [5.74, 6) is -0.492. The van der Waals surface area contributed by atoms with Gasteiger partial charge in [0.15, 0.2) is 5.01 Å². The number of piperazine rings is 1. The Labute approximate surface area is 260 Å². The van der Waals surface area contributed by atoms with E-state index < -0.39 is 16.1 Å². The number of methoxy groups -OCH3 is 2. The zero-order chi connectivity index (χ0) is 30.7. The van der Waals surface area contributed by atoms with Crippen molar-refractivity contribution < 1.29 is 27.5 Å². The summed E-state index contributed by atoms with van der Waals surface area (Å²) >= 11 is 7.49. The molecule has 0 aliphatic carbocycles. The number of aromatic nitrogens is 2. The Morgan fingerprint density at radius 2 is 1.88 bits per heavy atom. The van der Waals surface area contributed by atoms with Crippen molar-refractivity contribution in [1.82, 2.24) is 29.0 Å². The van der Waals surface area contributed by atoms with E-state index in [4.69, 9.17) is 21.1 Å². The van der Waals surface area contributed by atoms with Crippen molar-refractivity contribution in [3.05, 3.63) is 44.9 Å². The molecule has 2 amide bonds. The second-order valence-electron chi connectivity index (χ2n) is 10.8. The minimum absolute atomic E-state index is 0.0353. The number of ether oxygens (including phenoxy) is 2. The van der Waals surface area contributed by atoms with Gasteiger partial charge in [0.1, 0.15) is 5.03 Å². The summed E-state index contributed by atoms with van der Waals surface area (Å²) in [5.41, 5.74) is 1.58. The Hall–Kier alpha value is -2.59. The highest BCUT2D eigenvalue weighted by Crippen LogP contribution is 2.29. The zero-order valence-electron chi connectivity index (χ0n) is 24.5. The number of likely N-dealkylation sites (N-methyl/N-ethyl adjacent to an activating group) is 1. The zero-order valence-corrected chi connectivity index (χ0v) is 26.9. The molecule has 43 heavy (non-hydrogen) atoms. The summed E-state index contributed by atoms with van der Waals surface area (Å²) < 4.78 is 39.4. The molecule has 1 atom stereocenters. The lowest BCUT2D eigenvalue weighted by atomic mass is 10.1. The molecule has 1 N–H and O–H groups in total. The molecule has 12 nitrogen and oxygen atoms in total. The fourth-order valence-electron chi connectivity index (χ4n) is 5.47. The van der Waals surface area contributed by atoms with Crippen LogP contribution in [0.3, 0.4) is 0 Å². The highest BCUT2D eigenvalue weighted by atomic mass is 35.5. The average molecular weight is 653 g/mol. The van der Waals surface area contributed by atoms with Gasteiger partial charge in [-0.1, -0.05) is 11.6 Å². The summed E-state index contributed by atoms with van der Waals surface area (Å²) in [6.07, 6.45) is 0.717. The number of benzene rings is 1. The number of nitrogens with one attached hydrogen (secondary N) is 1. The number of aromatic amines is 1. The fourth-order valence-corrected chi connectivity index (χ4v) is 8.28. The molecule has 15 heteroatoms. The molecule has 0 spiro atoms. The quantitative estimate of drug-likeness (QED) is 0.334. The summed E-state index contributed by atoms with van der Waals surface area (Å²) in [6, 6.07) is 5.98. The van der Waals surface area contributed by atoms with Crippen molar-refractivity contribution in [3.8, 4) is 0 Å². The lowest BCUT2D eigenvalue weighted by molar-refractivity contribution is -0.134. The molecule has 1 unspecified atom stereocenters. The normalized spacial score (nSPS) is 18.2. The van der Waals surface area contributed by atoms with Crippen molar-refractivity contribution in [2.45, 2.75) is 30.5 Å². The van der Waals surface area contributed by atoms with Crippen LogP contribution in [0.15, 0.2) is 29.3 Å². The molecule has 0 bridgehead atoms. The summed E-state index contributed by atoms with van der Waals surface area (Å²) in [5, 5.41) is 1.59. The van der Waals surface area contributed by atoms with Gasteiger partial charge >= 0.3 is 0 Å². The Morgan fingerprint density at radius 3 is 2.60 bits per heavy atom. The number of carbonyl (C=O) groups excluding carboxylic acids is 2. The molecule has 0 saturated carbocycles. The topological polar surface area (TPSA) is 128 Å². The van der Waals surface area contributed by atoms with Gasteiger partial charge in [-0.3, -0.25) is 9.59 Å². The molecule has 2 aliphatic rings. The van der Waals surface area contributed by atoms with Crippen LogP contribution in [0.2, 0.25) is 5.02 Å². The predicted octanol–water partition coefficient (Wildman–Crippen LogP) is 2.29. The number of carbonyl (C=O) groups is 2. The number of rotatable bonds is 11. The van der Waals surface area contributed by atoms with E-state index in [0.717, 1.165) is 30.1 Å². The summed E-state index contributed by atoms with van der Waals surface area (Å²) in [7, 11) is 1.20. The highest BCUT2D eigenvalue weighted by molar-refractivity contribution is 7.89. The lowest BCUT2D eigenvalue weighted by Crippen LogP contribution is -2.57. The smallest absolute Gasteiger partial charge is 0.283 e. The van der Waals surface area contributed by atoms with Gasteiger partial charge in [0.2, 0.25) is 5.91 Å². The Balaban J connectivity index is 1.41. The molecule has 3 aromatic rings. The largest absolute Gasteiger partial charge is 0.383 e. The van der Waals surface area contributed by atoms with Gasteiger partial charge in [0.05, 0.1) is 24.9 Å². The van der Waals surface area contributed by atoms with E-state index in [9.17, 15) is 18.0 Å². The summed E-state index contributed by atoms with van der Waals surface area (Å²) in [6.45, 7) is 3.17. The van der Waals surface area contributed by atoms with Crippen LogP contribution in [-0.2, 0) is 37.3 Å². The van der Waals surface area contributed by atoms with Crippen molar-refractivity contribution in [1.29, 1.82) is 0 Å². The summed E-state index contributed by atoms with van der Waals surface area (Å²) in [4.78, 5) is 41.6. The van der Waals surface area contributed by atoms with E-state index in [1.807, 2.05) is 7.05 Å². The van der Waals surface area contributed by atoms with Gasteiger partial charge < -0.3 is 29.2 Å². The number of hydrogen-bond acceptors (Lipinski definition) is 9. The third kappa shape index (κ3) is 7.06. The van der Waals surface area contributed by atoms with Gasteiger partial charge in [-0.15, -0.1) is 11.3 Å². The van der Waals surface area contributed by atoms with Crippen LogP contribution in [0.1, 0.15) is 26.8 Å². The second-order valence-corrected chi connectivity index (χ2v) is 14.3. The van der Waals surface area contributed by atoms with Crippen molar-refractivity contribution in [2.75, 3.05) is 73.7 Å². The average Bonchev–Trinajstić information content (AvgIpc) is 3.61. The number of thiazole rings is 1. The molecule has 1 aromatic carbocycles. The first-order chi connectivity index (χ1) is 20.6. The number of H-pyrrole nitrogens is 1. The van der Waals surface area contributed by atoms with E-state index >= 15 is 0 Å². The van der Waals surface area contributed by atoms with Crippen LogP contribution in [0.25, 0.3) is 10.9 Å². The SMILES string of the molecule is COCCN(CCOC)C(=O)CC1CN(S(=O)(=O)c2cc3cc(Cl)ccc3[nH]2)CCN1C(=O)c1nc2c(s1)CN(C)CC2. The van der Waals surface area contributed by atoms with Crippen molar-refractivity contribution >= 4 is 55.7 Å². The van der Waals surface area contributed by atoms with E-state index in [1.165, 1.54) is 15.6 Å². The van der Waals surface area contributed by atoms with Crippen LogP contribution in [-0.4, -0.2) is 129 Å². The molecular weight excluding hydrogens is 616 g/mol. The molecule has 4 heterocycles. The monoisotopic (exact) mass is 652 g/mol. The lowest BCUT2D eigenvalue weighted by Gasteiger charge is -2.40. The molecule has 5 rings (SSSR count). The van der Waals surface area contributed by atoms with Gasteiger partial charge in [0, 0.05) is 93.7 Å². The van der Waals surface area contributed by atoms with E-state index in [2.05, 4.69) is 14.9 Å². The third-order valence-electron chi connectivity index (χ3n) is 7.88. The van der Waals surface area contributed by atoms with Gasteiger partial charge in [-0.2, -0.15) is 4.31 Å². The third-order valence-corrected chi connectivity index (χ3v) is 11.0. The molecule has 2 aromatic heterocycles. The van der Waals surface area contributed by atoms with E-state index in [1.54, 1.807) is 48.3 Å². The van der Waals surface area contributed by atoms with Crippen molar-refractivity contribution in [3.63, 3.8) is 0 Å². The first-order valence-corrected chi connectivity index (χ1v) is 16.8. The maximum Gasteiger partial charge on any atom is 0.283 e. The van der Waals surface area contributed by atoms with E-state index in [0.29, 0.717) is 47.2 Å². The standard InChI is InChI=1S/C28H37ClN6O6S2/c1-32-7-6-23-24(18-32)42-27(31-23)28(37)35-9-8-34(17-21(35)16-26(36)33(10-12-40-2)11-13-41-3)43(38,39)25-15-19-14-20(29)4-5-22(19)30-25/h4-5,14-15,21,30H,6-13,16-18H2,1-3H3. The number of hydrogen-bond donors (Lipinski definition) is 1. The predicted molar refractivity (Wildman–Crippen MR) is 164 cm³/mol.